The highest BCUT2D eigenvalue weighted by molar-refractivity contribution is 5.94. The van der Waals surface area contributed by atoms with Gasteiger partial charge in [-0.1, -0.05) is 24.3 Å². The topological polar surface area (TPSA) is 69.6 Å². The summed E-state index contributed by atoms with van der Waals surface area (Å²) in [4.78, 5) is 26.2. The highest BCUT2D eigenvalue weighted by Gasteiger charge is 2.44. The maximum absolute atomic E-state index is 12.7. The van der Waals surface area contributed by atoms with Crippen LogP contribution < -0.4 is 5.48 Å². The molecule has 1 atom stereocenters. The summed E-state index contributed by atoms with van der Waals surface area (Å²) in [5, 5.41) is 8.80. The molecule has 5 heteroatoms. The van der Waals surface area contributed by atoms with Gasteiger partial charge in [-0.3, -0.25) is 14.8 Å². The van der Waals surface area contributed by atoms with E-state index in [-0.39, 0.29) is 11.3 Å². The number of hydrogen-bond acceptors (Lipinski definition) is 3. The lowest BCUT2D eigenvalue weighted by molar-refractivity contribution is 0.0706. The smallest absolute Gasteiger partial charge is 0.274 e. The molecule has 128 valence electrons. The number of nitrogens with one attached hydrogen (secondary N) is 1. The molecule has 1 saturated heterocycles. The molecule has 2 amide bonds. The van der Waals surface area contributed by atoms with Crippen LogP contribution in [-0.2, 0) is 12.8 Å². The zero-order valence-electron chi connectivity index (χ0n) is 13.9. The maximum atomic E-state index is 12.7. The van der Waals surface area contributed by atoms with Crippen LogP contribution in [0.4, 0.5) is 0 Å². The summed E-state index contributed by atoms with van der Waals surface area (Å²) in [7, 11) is 0. The van der Waals surface area contributed by atoms with Crippen LogP contribution in [-0.4, -0.2) is 35.0 Å². The number of carbonyl (C=O) groups is 2. The first-order valence-electron chi connectivity index (χ1n) is 8.51. The van der Waals surface area contributed by atoms with Crippen LogP contribution in [0.2, 0.25) is 0 Å². The Morgan fingerprint density at radius 1 is 1.00 bits per heavy atom. The van der Waals surface area contributed by atoms with Crippen molar-refractivity contribution in [2.75, 3.05) is 13.1 Å². The standard InChI is InChI=1S/C20H20N2O3/c23-18(21-25)15-6-7-16-11-20(12-17(16)10-15)8-9-22(13-20)19(24)14-4-2-1-3-5-14/h1-7,10,25H,8-9,11-13H2,(H,21,23)/t20-/m0/s1. The van der Waals surface area contributed by atoms with Crippen LogP contribution in [0.15, 0.2) is 48.5 Å². The summed E-state index contributed by atoms with van der Waals surface area (Å²) in [5.41, 5.74) is 5.34. The Labute approximate surface area is 146 Å². The normalized spacial score (nSPS) is 21.4. The van der Waals surface area contributed by atoms with E-state index in [0.717, 1.165) is 43.5 Å². The van der Waals surface area contributed by atoms with Crippen LogP contribution in [0.1, 0.15) is 38.3 Å². The molecule has 0 radical (unpaired) electrons. The van der Waals surface area contributed by atoms with Gasteiger partial charge < -0.3 is 4.90 Å². The summed E-state index contributed by atoms with van der Waals surface area (Å²) >= 11 is 0. The number of hydrogen-bond donors (Lipinski definition) is 2. The molecule has 1 heterocycles. The molecule has 1 aliphatic carbocycles. The van der Waals surface area contributed by atoms with E-state index in [9.17, 15) is 9.59 Å². The van der Waals surface area contributed by atoms with Crippen molar-refractivity contribution in [1.82, 2.24) is 10.4 Å². The van der Waals surface area contributed by atoms with Gasteiger partial charge >= 0.3 is 0 Å². The quantitative estimate of drug-likeness (QED) is 0.654. The van der Waals surface area contributed by atoms with Crippen LogP contribution >= 0.6 is 0 Å². The molecular weight excluding hydrogens is 316 g/mol. The molecule has 5 nitrogen and oxygen atoms in total. The summed E-state index contributed by atoms with van der Waals surface area (Å²) in [6.45, 7) is 1.52. The van der Waals surface area contributed by atoms with Crippen molar-refractivity contribution < 1.29 is 14.8 Å². The number of nitrogens with zero attached hydrogens (tertiary/aromatic N) is 1. The average molecular weight is 336 g/mol. The van der Waals surface area contributed by atoms with E-state index in [1.54, 1.807) is 11.5 Å². The van der Waals surface area contributed by atoms with Crippen molar-refractivity contribution in [2.24, 2.45) is 5.41 Å². The van der Waals surface area contributed by atoms with Crippen molar-refractivity contribution in [2.45, 2.75) is 19.3 Å². The van der Waals surface area contributed by atoms with Gasteiger partial charge in [-0.25, -0.2) is 5.48 Å². The largest absolute Gasteiger partial charge is 0.338 e. The second-order valence-electron chi connectivity index (χ2n) is 7.12. The zero-order chi connectivity index (χ0) is 17.4. The van der Waals surface area contributed by atoms with Crippen molar-refractivity contribution in [3.63, 3.8) is 0 Å². The van der Waals surface area contributed by atoms with E-state index >= 15 is 0 Å². The third-order valence-electron chi connectivity index (χ3n) is 5.45. The molecule has 2 aromatic rings. The van der Waals surface area contributed by atoms with Gasteiger partial charge in [0.15, 0.2) is 0 Å². The Morgan fingerprint density at radius 2 is 1.76 bits per heavy atom. The lowest BCUT2D eigenvalue weighted by atomic mass is 9.84. The number of fused-ring (bicyclic) bond motifs is 1. The molecule has 0 saturated carbocycles. The van der Waals surface area contributed by atoms with E-state index in [1.807, 2.05) is 47.4 Å². The molecule has 2 aromatic carbocycles. The third kappa shape index (κ3) is 2.81. The molecule has 25 heavy (non-hydrogen) atoms. The summed E-state index contributed by atoms with van der Waals surface area (Å²) in [6, 6.07) is 15.0. The van der Waals surface area contributed by atoms with Gasteiger partial charge in [-0.05, 0) is 60.1 Å². The lowest BCUT2D eigenvalue weighted by Gasteiger charge is -2.23. The Bertz CT molecular complexity index is 834. The predicted molar refractivity (Wildman–Crippen MR) is 92.5 cm³/mol. The van der Waals surface area contributed by atoms with Gasteiger partial charge in [0.05, 0.1) is 0 Å². The van der Waals surface area contributed by atoms with Crippen molar-refractivity contribution >= 4 is 11.8 Å². The van der Waals surface area contributed by atoms with E-state index < -0.39 is 5.91 Å². The Balaban J connectivity index is 1.51. The predicted octanol–water partition coefficient (Wildman–Crippen LogP) is 2.44. The van der Waals surface area contributed by atoms with E-state index in [1.165, 1.54) is 5.56 Å². The first-order valence-corrected chi connectivity index (χ1v) is 8.51. The van der Waals surface area contributed by atoms with E-state index in [0.29, 0.717) is 5.56 Å². The molecule has 2 N–H and O–H groups in total. The highest BCUT2D eigenvalue weighted by atomic mass is 16.5. The molecule has 2 aliphatic rings. The minimum absolute atomic E-state index is 0.0705. The number of carbonyl (C=O) groups excluding carboxylic acids is 2. The van der Waals surface area contributed by atoms with Crippen molar-refractivity contribution in [3.8, 4) is 0 Å². The fourth-order valence-corrected chi connectivity index (χ4v) is 4.20. The van der Waals surface area contributed by atoms with Gasteiger partial charge in [0, 0.05) is 24.2 Å². The summed E-state index contributed by atoms with van der Waals surface area (Å²) in [5.74, 6) is -0.398. The van der Waals surface area contributed by atoms with E-state index in [4.69, 9.17) is 5.21 Å². The fraction of sp³-hybridized carbons (Fsp3) is 0.300. The molecule has 0 unspecified atom stereocenters. The molecule has 4 rings (SSSR count). The SMILES string of the molecule is O=C(NO)c1ccc2c(c1)C[C@]1(CCN(C(=O)c3ccccc3)C1)C2. The second kappa shape index (κ2) is 6.01. The highest BCUT2D eigenvalue weighted by Crippen LogP contribution is 2.44. The number of rotatable bonds is 2. The third-order valence-corrected chi connectivity index (χ3v) is 5.45. The zero-order valence-corrected chi connectivity index (χ0v) is 13.9. The van der Waals surface area contributed by atoms with Crippen LogP contribution in [0.25, 0.3) is 0 Å². The van der Waals surface area contributed by atoms with Crippen LogP contribution in [0.5, 0.6) is 0 Å². The maximum Gasteiger partial charge on any atom is 0.274 e. The number of amides is 2. The van der Waals surface area contributed by atoms with Crippen LogP contribution in [0, 0.1) is 5.41 Å². The van der Waals surface area contributed by atoms with Gasteiger partial charge in [-0.15, -0.1) is 0 Å². The number of likely N-dealkylation sites (tertiary alicyclic amines) is 1. The van der Waals surface area contributed by atoms with Crippen molar-refractivity contribution in [1.29, 1.82) is 0 Å². The number of hydroxylamine groups is 1. The Kier molecular flexibility index (Phi) is 3.81. The van der Waals surface area contributed by atoms with Gasteiger partial charge in [0.2, 0.25) is 0 Å². The Morgan fingerprint density at radius 3 is 2.52 bits per heavy atom. The first kappa shape index (κ1) is 15.8. The molecule has 0 aromatic heterocycles. The Hall–Kier alpha value is -2.66. The van der Waals surface area contributed by atoms with Gasteiger partial charge in [-0.2, -0.15) is 0 Å². The van der Waals surface area contributed by atoms with Crippen LogP contribution in [0.3, 0.4) is 0 Å². The molecule has 0 bridgehead atoms. The van der Waals surface area contributed by atoms with Gasteiger partial charge in [0.25, 0.3) is 11.8 Å². The molecule has 1 aliphatic heterocycles. The number of benzene rings is 2. The second-order valence-corrected chi connectivity index (χ2v) is 7.12. The molecule has 1 spiro atoms. The first-order chi connectivity index (χ1) is 12.1. The lowest BCUT2D eigenvalue weighted by Crippen LogP contribution is -2.32. The summed E-state index contributed by atoms with van der Waals surface area (Å²) in [6.07, 6.45) is 2.77. The monoisotopic (exact) mass is 336 g/mol. The minimum atomic E-state index is -0.490. The minimum Gasteiger partial charge on any atom is -0.338 e. The van der Waals surface area contributed by atoms with Gasteiger partial charge in [0.1, 0.15) is 0 Å². The molecule has 1 fully saturated rings. The molecular formula is C20H20N2O3. The summed E-state index contributed by atoms with van der Waals surface area (Å²) < 4.78 is 0. The average Bonchev–Trinajstić information content (AvgIpc) is 3.23. The van der Waals surface area contributed by atoms with Crippen molar-refractivity contribution in [3.05, 3.63) is 70.8 Å². The van der Waals surface area contributed by atoms with E-state index in [2.05, 4.69) is 0 Å². The fourth-order valence-electron chi connectivity index (χ4n) is 4.20.